The molecule has 0 N–H and O–H groups in total. The fraction of sp³-hybridized carbons (Fsp3) is 0.238. The maximum atomic E-state index is 12.6. The lowest BCUT2D eigenvalue weighted by Gasteiger charge is -2.26. The first-order valence-corrected chi connectivity index (χ1v) is 10.4. The van der Waals surface area contributed by atoms with E-state index in [1.54, 1.807) is 42.5 Å². The van der Waals surface area contributed by atoms with Gasteiger partial charge in [0.25, 0.3) is 0 Å². The maximum Gasteiger partial charge on any atom is 0.331 e. The monoisotopic (exact) mass is 412 g/mol. The van der Waals surface area contributed by atoms with Crippen LogP contribution in [0.5, 0.6) is 0 Å². The van der Waals surface area contributed by atoms with Crippen LogP contribution < -0.4 is 0 Å². The van der Waals surface area contributed by atoms with Crippen LogP contribution in [0.2, 0.25) is 0 Å². The van der Waals surface area contributed by atoms with Crippen molar-refractivity contribution in [3.63, 3.8) is 0 Å². The van der Waals surface area contributed by atoms with E-state index in [0.717, 1.165) is 5.56 Å². The number of morpholine rings is 1. The van der Waals surface area contributed by atoms with Gasteiger partial charge in [0.15, 0.2) is 0 Å². The van der Waals surface area contributed by atoms with Crippen LogP contribution in [0.25, 0.3) is 6.08 Å². The van der Waals surface area contributed by atoms with E-state index in [1.165, 1.54) is 22.5 Å². The minimum Gasteiger partial charge on any atom is -0.458 e. The van der Waals surface area contributed by atoms with Gasteiger partial charge in [-0.15, -0.1) is 0 Å². The van der Waals surface area contributed by atoms with E-state index >= 15 is 0 Å². The molecule has 1 fully saturated rings. The van der Waals surface area contributed by atoms with Gasteiger partial charge in [-0.05, 0) is 41.5 Å². The first-order valence-electron chi connectivity index (χ1n) is 9.01. The maximum absolute atomic E-state index is 12.6. The lowest BCUT2D eigenvalue weighted by Crippen LogP contribution is -2.40. The van der Waals surface area contributed by atoms with E-state index in [1.807, 2.05) is 6.07 Å². The van der Waals surface area contributed by atoms with Crippen LogP contribution in [-0.4, -0.2) is 45.0 Å². The summed E-state index contributed by atoms with van der Waals surface area (Å²) < 4.78 is 36.9. The van der Waals surface area contributed by atoms with Crippen molar-refractivity contribution in [1.82, 2.24) is 4.31 Å². The van der Waals surface area contributed by atoms with E-state index in [2.05, 4.69) is 0 Å². The fourth-order valence-electron chi connectivity index (χ4n) is 2.78. The molecular weight excluding hydrogens is 392 g/mol. The first kappa shape index (κ1) is 20.7. The zero-order chi connectivity index (χ0) is 20.7. The molecule has 1 heterocycles. The Labute approximate surface area is 169 Å². The summed E-state index contributed by atoms with van der Waals surface area (Å²) in [5, 5.41) is 8.88. The lowest BCUT2D eigenvalue weighted by atomic mass is 10.1. The van der Waals surface area contributed by atoms with Crippen LogP contribution in [0.15, 0.2) is 59.5 Å². The molecule has 150 valence electrons. The van der Waals surface area contributed by atoms with Crippen molar-refractivity contribution in [1.29, 1.82) is 5.26 Å². The summed E-state index contributed by atoms with van der Waals surface area (Å²) in [4.78, 5) is 12.1. The molecule has 2 aromatic carbocycles. The van der Waals surface area contributed by atoms with Gasteiger partial charge in [-0.25, -0.2) is 13.2 Å². The van der Waals surface area contributed by atoms with Crippen molar-refractivity contribution in [2.75, 3.05) is 26.3 Å². The van der Waals surface area contributed by atoms with Gasteiger partial charge in [0.05, 0.1) is 29.7 Å². The number of carbonyl (C=O) groups is 1. The number of nitrogens with zero attached hydrogens (tertiary/aromatic N) is 2. The summed E-state index contributed by atoms with van der Waals surface area (Å²) in [5.74, 6) is -0.530. The molecule has 0 aromatic heterocycles. The molecule has 0 radical (unpaired) electrons. The molecule has 0 aliphatic carbocycles. The Balaban J connectivity index is 1.58. The highest BCUT2D eigenvalue weighted by molar-refractivity contribution is 7.89. The smallest absolute Gasteiger partial charge is 0.331 e. The molecule has 0 spiro atoms. The Morgan fingerprint density at radius 3 is 2.59 bits per heavy atom. The molecular formula is C21H20N2O5S. The minimum atomic E-state index is -3.54. The molecule has 1 saturated heterocycles. The Morgan fingerprint density at radius 1 is 1.17 bits per heavy atom. The van der Waals surface area contributed by atoms with E-state index in [9.17, 15) is 13.2 Å². The van der Waals surface area contributed by atoms with E-state index < -0.39 is 16.0 Å². The number of carbonyl (C=O) groups excluding carboxylic acids is 1. The van der Waals surface area contributed by atoms with Crippen LogP contribution in [0, 0.1) is 11.3 Å². The van der Waals surface area contributed by atoms with Crippen LogP contribution in [-0.2, 0) is 30.9 Å². The van der Waals surface area contributed by atoms with Crippen molar-refractivity contribution >= 4 is 22.1 Å². The number of sulfonamides is 1. The van der Waals surface area contributed by atoms with E-state index in [-0.39, 0.29) is 11.5 Å². The van der Waals surface area contributed by atoms with Crippen LogP contribution in [0.4, 0.5) is 0 Å². The molecule has 0 amide bonds. The third-order valence-corrected chi connectivity index (χ3v) is 6.25. The zero-order valence-corrected chi connectivity index (χ0v) is 16.5. The average molecular weight is 412 g/mol. The van der Waals surface area contributed by atoms with Crippen molar-refractivity contribution in [3.05, 3.63) is 71.3 Å². The molecule has 1 aliphatic rings. The average Bonchev–Trinajstić information content (AvgIpc) is 2.77. The standard InChI is InChI=1S/C21H20N2O5S/c22-15-18-2-1-3-19(14-18)16-28-21(24)9-6-17-4-7-20(8-5-17)29(25,26)23-10-12-27-13-11-23/h1-9,14H,10-13,16H2/b9-6+. The van der Waals surface area contributed by atoms with Gasteiger partial charge in [-0.3, -0.25) is 0 Å². The van der Waals surface area contributed by atoms with Crippen LogP contribution in [0.1, 0.15) is 16.7 Å². The highest BCUT2D eigenvalue weighted by Crippen LogP contribution is 2.18. The highest BCUT2D eigenvalue weighted by Gasteiger charge is 2.25. The molecule has 0 unspecified atom stereocenters. The van der Waals surface area contributed by atoms with Crippen molar-refractivity contribution in [2.45, 2.75) is 11.5 Å². The molecule has 8 heteroatoms. The largest absolute Gasteiger partial charge is 0.458 e. The Morgan fingerprint density at radius 2 is 1.90 bits per heavy atom. The molecule has 0 atom stereocenters. The second kappa shape index (κ2) is 9.47. The predicted octanol–water partition coefficient (Wildman–Crippen LogP) is 2.34. The quantitative estimate of drug-likeness (QED) is 0.534. The molecule has 0 saturated carbocycles. The van der Waals surface area contributed by atoms with Gasteiger partial charge in [0.1, 0.15) is 6.61 Å². The van der Waals surface area contributed by atoms with Crippen molar-refractivity contribution in [3.8, 4) is 6.07 Å². The first-order chi connectivity index (χ1) is 14.0. The topological polar surface area (TPSA) is 96.7 Å². The normalized spacial score (nSPS) is 15.1. The Bertz CT molecular complexity index is 1030. The SMILES string of the molecule is N#Cc1cccc(COC(=O)/C=C/c2ccc(S(=O)(=O)N3CCOCC3)cc2)c1. The second-order valence-electron chi connectivity index (χ2n) is 6.34. The Kier molecular flexibility index (Phi) is 6.77. The summed E-state index contributed by atoms with van der Waals surface area (Å²) >= 11 is 0. The number of nitriles is 1. The Hall–Kier alpha value is -2.99. The summed E-state index contributed by atoms with van der Waals surface area (Å²) in [6.45, 7) is 1.53. The summed E-state index contributed by atoms with van der Waals surface area (Å²) in [7, 11) is -3.54. The van der Waals surface area contributed by atoms with Crippen molar-refractivity contribution in [2.24, 2.45) is 0 Å². The molecule has 2 aromatic rings. The van der Waals surface area contributed by atoms with Gasteiger partial charge >= 0.3 is 5.97 Å². The van der Waals surface area contributed by atoms with Gasteiger partial charge in [-0.2, -0.15) is 9.57 Å². The van der Waals surface area contributed by atoms with Crippen molar-refractivity contribution < 1.29 is 22.7 Å². The van der Waals surface area contributed by atoms with Gasteiger partial charge < -0.3 is 9.47 Å². The molecule has 0 bridgehead atoms. The minimum absolute atomic E-state index is 0.0649. The number of hydrogen-bond acceptors (Lipinski definition) is 6. The fourth-order valence-corrected chi connectivity index (χ4v) is 4.19. The molecule has 7 nitrogen and oxygen atoms in total. The van der Waals surface area contributed by atoms with Gasteiger partial charge in [0.2, 0.25) is 10.0 Å². The lowest BCUT2D eigenvalue weighted by molar-refractivity contribution is -0.138. The molecule has 3 rings (SSSR count). The highest BCUT2D eigenvalue weighted by atomic mass is 32.2. The number of ether oxygens (including phenoxy) is 2. The summed E-state index contributed by atoms with van der Waals surface area (Å²) in [6.07, 6.45) is 2.83. The van der Waals surface area contributed by atoms with E-state index in [0.29, 0.717) is 37.4 Å². The number of benzene rings is 2. The number of esters is 1. The second-order valence-corrected chi connectivity index (χ2v) is 8.28. The summed E-state index contributed by atoms with van der Waals surface area (Å²) in [6, 6.07) is 15.2. The predicted molar refractivity (Wildman–Crippen MR) is 106 cm³/mol. The third kappa shape index (κ3) is 5.51. The van der Waals surface area contributed by atoms with Crippen LogP contribution >= 0.6 is 0 Å². The third-order valence-electron chi connectivity index (χ3n) is 4.34. The number of rotatable bonds is 6. The summed E-state index contributed by atoms with van der Waals surface area (Å²) in [5.41, 5.74) is 1.90. The van der Waals surface area contributed by atoms with Gasteiger partial charge in [0, 0.05) is 19.2 Å². The number of hydrogen-bond donors (Lipinski definition) is 0. The molecule has 29 heavy (non-hydrogen) atoms. The molecule has 1 aliphatic heterocycles. The zero-order valence-electron chi connectivity index (χ0n) is 15.7. The van der Waals surface area contributed by atoms with Gasteiger partial charge in [-0.1, -0.05) is 24.3 Å². The van der Waals surface area contributed by atoms with Crippen LogP contribution in [0.3, 0.4) is 0 Å². The van der Waals surface area contributed by atoms with E-state index in [4.69, 9.17) is 14.7 Å².